The van der Waals surface area contributed by atoms with Crippen molar-refractivity contribution in [2.75, 3.05) is 12.3 Å². The molecule has 0 radical (unpaired) electrons. The molecule has 2 heterocycles. The molecule has 274 valence electrons. The summed E-state index contributed by atoms with van der Waals surface area (Å²) in [7, 11) is 3.92. The summed E-state index contributed by atoms with van der Waals surface area (Å²) >= 11 is 0. The SMILES string of the molecule is C[C@H](O)[C@H](C(=O)O)[C@@H]1[C@@H](CCN)[C@H]2C=C[C@H]1Cc1ccccc1CSSC[C@H](Cc1cccc(CO)c1)[C@H](C/C=C\CCC1CCCCC1)C2. The molecule has 0 aromatic heterocycles. The van der Waals surface area contributed by atoms with Gasteiger partial charge in [0.25, 0.3) is 0 Å². The topological polar surface area (TPSA) is 104 Å². The third kappa shape index (κ3) is 11.0. The van der Waals surface area contributed by atoms with E-state index in [9.17, 15) is 20.1 Å². The zero-order valence-electron chi connectivity index (χ0n) is 30.1. The number of aliphatic hydroxyl groups is 2. The molecular formula is C43H61NO4S2. The van der Waals surface area contributed by atoms with Crippen molar-refractivity contribution in [3.63, 3.8) is 0 Å². The zero-order chi connectivity index (χ0) is 35.3. The van der Waals surface area contributed by atoms with Crippen LogP contribution in [0.3, 0.4) is 0 Å². The molecule has 2 aromatic carbocycles. The van der Waals surface area contributed by atoms with Crippen LogP contribution in [0.5, 0.6) is 0 Å². The maximum absolute atomic E-state index is 12.9. The van der Waals surface area contributed by atoms with Crippen LogP contribution in [0.2, 0.25) is 0 Å². The van der Waals surface area contributed by atoms with Gasteiger partial charge in [0.05, 0.1) is 18.6 Å². The summed E-state index contributed by atoms with van der Waals surface area (Å²) in [6.07, 6.45) is 22.4. The molecule has 8 atom stereocenters. The molecule has 2 bridgehead atoms. The van der Waals surface area contributed by atoms with Gasteiger partial charge in [-0.2, -0.15) is 0 Å². The molecule has 0 saturated heterocycles. The van der Waals surface area contributed by atoms with Gasteiger partial charge in [0, 0.05) is 11.5 Å². The van der Waals surface area contributed by atoms with Crippen molar-refractivity contribution < 1.29 is 20.1 Å². The molecule has 0 spiro atoms. The standard InChI is InChI=1S/C43H61NO4S2/c1-30(46)41(43(47)48)42-37-20-19-36(40(42)21-22-44)25-35(16-7-3-6-13-31-11-4-2-5-12-31)39(24-32-14-10-15-33(23-32)27-45)29-50-49-28-38-18-9-8-17-34(38)26-37/h3,7-10,14-15,17-20,23,30-31,35-37,39-42,45-46H,2,4-6,11-13,16,21-22,24-29,44H2,1H3,(H,47,48)/b7-3-/t30-,35+,36-,37-,39-,40-,41-,42-/m0/s1. The van der Waals surface area contributed by atoms with E-state index in [2.05, 4.69) is 66.8 Å². The smallest absolute Gasteiger partial charge is 0.309 e. The number of hydrogen-bond donors (Lipinski definition) is 4. The van der Waals surface area contributed by atoms with Crippen LogP contribution in [0.1, 0.15) is 93.4 Å². The first-order valence-corrected chi connectivity index (χ1v) is 21.8. The number of nitrogens with two attached hydrogens (primary N) is 1. The van der Waals surface area contributed by atoms with Gasteiger partial charge in [0.2, 0.25) is 0 Å². The molecule has 1 saturated carbocycles. The summed E-state index contributed by atoms with van der Waals surface area (Å²) in [4.78, 5) is 12.9. The van der Waals surface area contributed by atoms with E-state index in [1.165, 1.54) is 55.2 Å². The van der Waals surface area contributed by atoms with Gasteiger partial charge >= 0.3 is 5.97 Å². The molecule has 6 rings (SSSR count). The minimum Gasteiger partial charge on any atom is -0.481 e. The van der Waals surface area contributed by atoms with E-state index in [1.54, 1.807) is 6.92 Å². The zero-order valence-corrected chi connectivity index (χ0v) is 31.7. The molecule has 5 N–H and O–H groups in total. The average molecular weight is 720 g/mol. The molecule has 2 aliphatic heterocycles. The Bertz CT molecular complexity index is 1390. The molecule has 5 nitrogen and oxygen atoms in total. The van der Waals surface area contributed by atoms with Gasteiger partial charge in [-0.1, -0.05) is 127 Å². The summed E-state index contributed by atoms with van der Waals surface area (Å²) in [5, 5.41) is 31.5. The highest BCUT2D eigenvalue weighted by molar-refractivity contribution is 8.76. The van der Waals surface area contributed by atoms with Crippen LogP contribution in [0.15, 0.2) is 72.8 Å². The fourth-order valence-corrected chi connectivity index (χ4v) is 12.0. The lowest BCUT2D eigenvalue weighted by atomic mass is 9.60. The fraction of sp³-hybridized carbons (Fsp3) is 0.605. The van der Waals surface area contributed by atoms with Gasteiger partial charge in [0.15, 0.2) is 0 Å². The molecule has 1 fully saturated rings. The largest absolute Gasteiger partial charge is 0.481 e. The summed E-state index contributed by atoms with van der Waals surface area (Å²) in [5.74, 6) is 1.86. The van der Waals surface area contributed by atoms with E-state index in [0.29, 0.717) is 18.4 Å². The van der Waals surface area contributed by atoms with E-state index in [1.807, 2.05) is 27.7 Å². The van der Waals surface area contributed by atoms with Crippen LogP contribution in [0.4, 0.5) is 0 Å². The van der Waals surface area contributed by atoms with E-state index >= 15 is 0 Å². The van der Waals surface area contributed by atoms with Crippen LogP contribution < -0.4 is 5.73 Å². The highest BCUT2D eigenvalue weighted by Gasteiger charge is 2.46. The Hall–Kier alpha value is -2.03. The Kier molecular flexibility index (Phi) is 15.9. The summed E-state index contributed by atoms with van der Waals surface area (Å²) in [6.45, 7) is 2.19. The van der Waals surface area contributed by atoms with Gasteiger partial charge in [-0.25, -0.2) is 0 Å². The van der Waals surface area contributed by atoms with Crippen LogP contribution in [0.25, 0.3) is 0 Å². The molecule has 2 aromatic rings. The minimum absolute atomic E-state index is 0.00963. The lowest BCUT2D eigenvalue weighted by Crippen LogP contribution is -2.46. The van der Waals surface area contributed by atoms with Crippen molar-refractivity contribution >= 4 is 27.6 Å². The third-order valence-electron chi connectivity index (χ3n) is 12.0. The number of allylic oxidation sites excluding steroid dienone is 4. The number of hydrogen-bond acceptors (Lipinski definition) is 6. The molecular weight excluding hydrogens is 659 g/mol. The normalized spacial score (nSPS) is 27.8. The van der Waals surface area contributed by atoms with Gasteiger partial charge in [-0.05, 0) is 122 Å². The van der Waals surface area contributed by atoms with Gasteiger partial charge in [0.1, 0.15) is 0 Å². The van der Waals surface area contributed by atoms with E-state index < -0.39 is 18.0 Å². The number of rotatable bonds is 13. The first kappa shape index (κ1) is 39.2. The second kappa shape index (κ2) is 20.3. The van der Waals surface area contributed by atoms with Crippen LogP contribution in [-0.4, -0.2) is 39.7 Å². The predicted molar refractivity (Wildman–Crippen MR) is 211 cm³/mol. The van der Waals surface area contributed by atoms with Crippen molar-refractivity contribution in [2.45, 2.75) is 102 Å². The molecule has 7 heteroatoms. The number of carboxylic acids is 1. The first-order chi connectivity index (χ1) is 24.4. The van der Waals surface area contributed by atoms with Gasteiger partial charge in [-0.15, -0.1) is 0 Å². The number of benzene rings is 2. The Balaban J connectivity index is 1.50. The Morgan fingerprint density at radius 2 is 1.70 bits per heavy atom. The summed E-state index contributed by atoms with van der Waals surface area (Å²) in [5.41, 5.74) is 11.1. The van der Waals surface area contributed by atoms with Gasteiger partial charge < -0.3 is 21.1 Å². The molecule has 2 aliphatic carbocycles. The highest BCUT2D eigenvalue weighted by atomic mass is 33.1. The van der Waals surface area contributed by atoms with E-state index in [-0.39, 0.29) is 30.3 Å². The van der Waals surface area contributed by atoms with Crippen LogP contribution in [-0.2, 0) is 30.0 Å². The van der Waals surface area contributed by atoms with Crippen LogP contribution >= 0.6 is 21.6 Å². The lowest BCUT2D eigenvalue weighted by molar-refractivity contribution is -0.151. The molecule has 0 amide bonds. The Morgan fingerprint density at radius 1 is 0.940 bits per heavy atom. The van der Waals surface area contributed by atoms with E-state index in [0.717, 1.165) is 61.5 Å². The molecule has 0 unspecified atom stereocenters. The maximum atomic E-state index is 12.9. The maximum Gasteiger partial charge on any atom is 0.309 e. The van der Waals surface area contributed by atoms with Crippen molar-refractivity contribution in [1.82, 2.24) is 0 Å². The second-order valence-corrected chi connectivity index (χ2v) is 17.9. The van der Waals surface area contributed by atoms with Crippen molar-refractivity contribution in [3.05, 3.63) is 95.1 Å². The summed E-state index contributed by atoms with van der Waals surface area (Å²) in [6, 6.07) is 17.0. The number of fused-ring (bicyclic) bond motifs is 7. The summed E-state index contributed by atoms with van der Waals surface area (Å²) < 4.78 is 0. The fourth-order valence-electron chi connectivity index (χ4n) is 9.38. The molecule has 50 heavy (non-hydrogen) atoms. The monoisotopic (exact) mass is 719 g/mol. The first-order valence-electron chi connectivity index (χ1n) is 19.3. The number of carboxylic acid groups (broad SMARTS) is 1. The average Bonchev–Trinajstić information content (AvgIpc) is 3.11. The van der Waals surface area contributed by atoms with Crippen molar-refractivity contribution in [2.24, 2.45) is 53.1 Å². The predicted octanol–water partition coefficient (Wildman–Crippen LogP) is 9.25. The lowest BCUT2D eigenvalue weighted by Gasteiger charge is -2.45. The Morgan fingerprint density at radius 3 is 2.44 bits per heavy atom. The molecule has 4 aliphatic rings. The quantitative estimate of drug-likeness (QED) is 0.121. The minimum atomic E-state index is -0.956. The Labute approximate surface area is 309 Å². The number of aliphatic hydroxyl groups excluding tert-OH is 2. The van der Waals surface area contributed by atoms with Crippen molar-refractivity contribution in [3.8, 4) is 0 Å². The van der Waals surface area contributed by atoms with Crippen molar-refractivity contribution in [1.29, 1.82) is 0 Å². The van der Waals surface area contributed by atoms with Crippen LogP contribution in [0, 0.1) is 47.3 Å². The number of carbonyl (C=O) groups is 1. The second-order valence-electron chi connectivity index (χ2n) is 15.4. The van der Waals surface area contributed by atoms with E-state index in [4.69, 9.17) is 5.73 Å². The number of aliphatic carboxylic acids is 1. The van der Waals surface area contributed by atoms with Gasteiger partial charge in [-0.3, -0.25) is 4.79 Å². The highest BCUT2D eigenvalue weighted by Crippen LogP contribution is 2.48. The third-order valence-corrected chi connectivity index (χ3v) is 14.4.